The van der Waals surface area contributed by atoms with E-state index in [0.29, 0.717) is 27.8 Å². The Labute approximate surface area is 178 Å². The number of ether oxygens (including phenoxy) is 1. The molecule has 2 aliphatic rings. The van der Waals surface area contributed by atoms with Crippen LogP contribution in [0.3, 0.4) is 0 Å². The fraction of sp³-hybridized carbons (Fsp3) is 0.300. The minimum atomic E-state index is -1.09. The normalized spacial score (nSPS) is 20.4. The lowest BCUT2D eigenvalue weighted by Crippen LogP contribution is -2.15. The number of anilines is 1. The number of imidazole rings is 1. The van der Waals surface area contributed by atoms with Crippen molar-refractivity contribution in [2.45, 2.75) is 31.5 Å². The molecule has 0 bridgehead atoms. The van der Waals surface area contributed by atoms with Crippen LogP contribution in [-0.2, 0) is 4.79 Å². The average Bonchev–Trinajstić information content (AvgIpc) is 3.61. The van der Waals surface area contributed by atoms with Gasteiger partial charge in [-0.25, -0.2) is 13.8 Å². The molecule has 6 rings (SSSR count). The van der Waals surface area contributed by atoms with Gasteiger partial charge in [-0.05, 0) is 19.3 Å². The van der Waals surface area contributed by atoms with Gasteiger partial charge in [0.15, 0.2) is 23.0 Å². The van der Waals surface area contributed by atoms with Crippen LogP contribution in [0.25, 0.3) is 27.8 Å². The quantitative estimate of drug-likeness (QED) is 0.486. The molecule has 4 aromatic rings. The number of amides is 1. The van der Waals surface area contributed by atoms with Gasteiger partial charge in [0.1, 0.15) is 11.7 Å². The SMILES string of the molecule is O=C(Nc1cn2cc(-c3c(Cl)c(F)c(OC4CC4)c4[nH]ncc34)ncc2n1)C1CC1F. The number of carbonyl (C=O) groups excluding carboxylic acids is 1. The summed E-state index contributed by atoms with van der Waals surface area (Å²) in [6, 6.07) is 0. The Morgan fingerprint density at radius 3 is 2.87 bits per heavy atom. The van der Waals surface area contributed by atoms with E-state index in [1.54, 1.807) is 23.0 Å². The highest BCUT2D eigenvalue weighted by Gasteiger charge is 2.43. The second-order valence-electron chi connectivity index (χ2n) is 7.82. The van der Waals surface area contributed by atoms with Crippen molar-refractivity contribution in [3.8, 4) is 17.0 Å². The lowest BCUT2D eigenvalue weighted by molar-refractivity contribution is -0.117. The van der Waals surface area contributed by atoms with Crippen LogP contribution in [0.5, 0.6) is 5.75 Å². The molecule has 2 aliphatic carbocycles. The third-order valence-electron chi connectivity index (χ3n) is 5.45. The summed E-state index contributed by atoms with van der Waals surface area (Å²) in [7, 11) is 0. The van der Waals surface area contributed by atoms with Gasteiger partial charge in [0, 0.05) is 17.1 Å². The number of hydrogen-bond acceptors (Lipinski definition) is 5. The Morgan fingerprint density at radius 2 is 2.13 bits per heavy atom. The van der Waals surface area contributed by atoms with E-state index >= 15 is 4.39 Å². The third-order valence-corrected chi connectivity index (χ3v) is 5.81. The molecule has 2 saturated carbocycles. The van der Waals surface area contributed by atoms with Crippen molar-refractivity contribution in [2.24, 2.45) is 5.92 Å². The van der Waals surface area contributed by atoms with Crippen molar-refractivity contribution >= 4 is 39.9 Å². The van der Waals surface area contributed by atoms with Crippen LogP contribution in [0.4, 0.5) is 14.6 Å². The van der Waals surface area contributed by atoms with Crippen molar-refractivity contribution in [3.63, 3.8) is 0 Å². The van der Waals surface area contributed by atoms with Crippen molar-refractivity contribution < 1.29 is 18.3 Å². The van der Waals surface area contributed by atoms with E-state index < -0.39 is 23.8 Å². The van der Waals surface area contributed by atoms with Crippen molar-refractivity contribution in [1.29, 1.82) is 0 Å². The van der Waals surface area contributed by atoms with Gasteiger partial charge < -0.3 is 14.5 Å². The van der Waals surface area contributed by atoms with E-state index in [1.165, 1.54) is 6.20 Å². The Bertz CT molecular complexity index is 1360. The zero-order chi connectivity index (χ0) is 21.3. The summed E-state index contributed by atoms with van der Waals surface area (Å²) in [5.74, 6) is -1.36. The summed E-state index contributed by atoms with van der Waals surface area (Å²) >= 11 is 6.40. The molecule has 0 spiro atoms. The zero-order valence-electron chi connectivity index (χ0n) is 15.9. The second-order valence-corrected chi connectivity index (χ2v) is 8.20. The summed E-state index contributed by atoms with van der Waals surface area (Å²) in [6.45, 7) is 0. The summed E-state index contributed by atoms with van der Waals surface area (Å²) in [5, 5.41) is 9.87. The smallest absolute Gasteiger partial charge is 0.231 e. The monoisotopic (exact) mass is 444 g/mol. The van der Waals surface area contributed by atoms with Gasteiger partial charge in [-0.1, -0.05) is 11.6 Å². The second kappa shape index (κ2) is 6.61. The van der Waals surface area contributed by atoms with Crippen LogP contribution >= 0.6 is 11.6 Å². The standard InChI is InChI=1S/C20H15ClF2N6O2/c21-16-15(10-4-25-28-18(10)19(17(16)23)31-8-1-2-8)12-6-29-7-13(26-14(29)5-24-12)27-20(30)9-3-11(9)22/h4-9,11H,1-3H2,(H,25,28)(H,27,30). The number of carbonyl (C=O) groups is 1. The number of benzene rings is 1. The molecule has 0 saturated heterocycles. The average molecular weight is 445 g/mol. The molecule has 2 fully saturated rings. The minimum absolute atomic E-state index is 0.0136. The van der Waals surface area contributed by atoms with Crippen LogP contribution in [-0.4, -0.2) is 42.7 Å². The molecule has 8 nitrogen and oxygen atoms in total. The first-order chi connectivity index (χ1) is 15.0. The number of hydrogen-bond donors (Lipinski definition) is 2. The Balaban J connectivity index is 1.41. The van der Waals surface area contributed by atoms with Gasteiger partial charge in [0.2, 0.25) is 5.91 Å². The van der Waals surface area contributed by atoms with Gasteiger partial charge in [-0.2, -0.15) is 5.10 Å². The van der Waals surface area contributed by atoms with Crippen molar-refractivity contribution in [1.82, 2.24) is 24.6 Å². The lowest BCUT2D eigenvalue weighted by atomic mass is 10.1. The molecule has 0 aliphatic heterocycles. The number of aromatic nitrogens is 5. The van der Waals surface area contributed by atoms with E-state index in [-0.39, 0.29) is 29.1 Å². The molecule has 2 atom stereocenters. The number of alkyl halides is 1. The van der Waals surface area contributed by atoms with Crippen LogP contribution in [0.1, 0.15) is 19.3 Å². The van der Waals surface area contributed by atoms with Crippen LogP contribution < -0.4 is 10.1 Å². The number of nitrogens with zero attached hydrogens (tertiary/aromatic N) is 4. The third kappa shape index (κ3) is 3.09. The Morgan fingerprint density at radius 1 is 1.32 bits per heavy atom. The molecule has 3 aromatic heterocycles. The number of halogens is 3. The number of aromatic amines is 1. The van der Waals surface area contributed by atoms with Gasteiger partial charge in [0.05, 0.1) is 41.3 Å². The maximum Gasteiger partial charge on any atom is 0.231 e. The highest BCUT2D eigenvalue weighted by Crippen LogP contribution is 2.43. The topological polar surface area (TPSA) is 97.2 Å². The van der Waals surface area contributed by atoms with Crippen LogP contribution in [0, 0.1) is 11.7 Å². The first-order valence-corrected chi connectivity index (χ1v) is 10.2. The van der Waals surface area contributed by atoms with E-state index in [2.05, 4.69) is 25.5 Å². The van der Waals surface area contributed by atoms with E-state index in [9.17, 15) is 9.18 Å². The molecule has 11 heteroatoms. The zero-order valence-corrected chi connectivity index (χ0v) is 16.7. The molecule has 0 radical (unpaired) electrons. The van der Waals surface area contributed by atoms with E-state index in [1.807, 2.05) is 0 Å². The highest BCUT2D eigenvalue weighted by molar-refractivity contribution is 6.35. The van der Waals surface area contributed by atoms with Gasteiger partial charge >= 0.3 is 0 Å². The first-order valence-electron chi connectivity index (χ1n) is 9.80. The lowest BCUT2D eigenvalue weighted by Gasteiger charge is -2.12. The summed E-state index contributed by atoms with van der Waals surface area (Å²) in [6.07, 6.45) is 7.11. The summed E-state index contributed by atoms with van der Waals surface area (Å²) < 4.78 is 35.5. The van der Waals surface area contributed by atoms with Crippen molar-refractivity contribution in [3.05, 3.63) is 35.6 Å². The predicted octanol–water partition coefficient (Wildman–Crippen LogP) is 3.90. The van der Waals surface area contributed by atoms with Gasteiger partial charge in [-0.3, -0.25) is 14.9 Å². The fourth-order valence-electron chi connectivity index (χ4n) is 3.54. The molecule has 158 valence electrons. The highest BCUT2D eigenvalue weighted by atomic mass is 35.5. The fourth-order valence-corrected chi connectivity index (χ4v) is 3.83. The van der Waals surface area contributed by atoms with E-state index in [0.717, 1.165) is 12.8 Å². The number of H-pyrrole nitrogens is 1. The summed E-state index contributed by atoms with van der Waals surface area (Å²) in [5.41, 5.74) is 1.63. The molecular formula is C20H15ClF2N6O2. The largest absolute Gasteiger partial charge is 0.485 e. The maximum atomic E-state index is 15.1. The Kier molecular flexibility index (Phi) is 3.95. The number of rotatable bonds is 5. The minimum Gasteiger partial charge on any atom is -0.485 e. The van der Waals surface area contributed by atoms with Crippen LogP contribution in [0.2, 0.25) is 5.02 Å². The Hall–Kier alpha value is -3.27. The molecule has 31 heavy (non-hydrogen) atoms. The molecule has 1 amide bonds. The first kappa shape index (κ1) is 18.5. The van der Waals surface area contributed by atoms with E-state index in [4.69, 9.17) is 16.3 Å². The maximum absolute atomic E-state index is 15.1. The van der Waals surface area contributed by atoms with Gasteiger partial charge in [0.25, 0.3) is 0 Å². The van der Waals surface area contributed by atoms with Crippen LogP contribution in [0.15, 0.2) is 24.8 Å². The number of nitrogens with one attached hydrogen (secondary N) is 2. The molecule has 2 unspecified atom stereocenters. The number of fused-ring (bicyclic) bond motifs is 2. The predicted molar refractivity (Wildman–Crippen MR) is 108 cm³/mol. The molecular weight excluding hydrogens is 430 g/mol. The molecule has 2 N–H and O–H groups in total. The molecule has 1 aromatic carbocycles. The summed E-state index contributed by atoms with van der Waals surface area (Å²) in [4.78, 5) is 20.6. The van der Waals surface area contributed by atoms with Gasteiger partial charge in [-0.15, -0.1) is 0 Å². The van der Waals surface area contributed by atoms with Crippen molar-refractivity contribution in [2.75, 3.05) is 5.32 Å². The molecule has 3 heterocycles.